The molecule has 30 heavy (non-hydrogen) atoms. The molecule has 4 aromatic heterocycles. The van der Waals surface area contributed by atoms with Crippen molar-refractivity contribution in [3.8, 4) is 11.1 Å². The van der Waals surface area contributed by atoms with Crippen molar-refractivity contribution in [3.05, 3.63) is 55.5 Å². The first kappa shape index (κ1) is 18.3. The van der Waals surface area contributed by atoms with Gasteiger partial charge in [-0.3, -0.25) is 0 Å². The van der Waals surface area contributed by atoms with Crippen LogP contribution in [-0.2, 0) is 6.42 Å². The molecule has 0 aromatic carbocycles. The van der Waals surface area contributed by atoms with Crippen molar-refractivity contribution >= 4 is 23.5 Å². The molecule has 0 amide bonds. The van der Waals surface area contributed by atoms with E-state index in [0.29, 0.717) is 0 Å². The highest BCUT2D eigenvalue weighted by atomic mass is 15.4. The summed E-state index contributed by atoms with van der Waals surface area (Å²) in [6.45, 7) is 9.25. The summed E-state index contributed by atoms with van der Waals surface area (Å²) in [6.07, 6.45) is 13.8. The third-order valence-corrected chi connectivity index (χ3v) is 5.47. The van der Waals surface area contributed by atoms with Crippen molar-refractivity contribution in [2.45, 2.75) is 13.3 Å². The molecule has 1 saturated heterocycles. The van der Waals surface area contributed by atoms with Crippen LogP contribution in [0.2, 0.25) is 0 Å². The van der Waals surface area contributed by atoms with Crippen LogP contribution in [0.25, 0.3) is 22.8 Å². The van der Waals surface area contributed by atoms with E-state index in [1.165, 1.54) is 0 Å². The predicted molar refractivity (Wildman–Crippen MR) is 116 cm³/mol. The Labute approximate surface area is 174 Å². The minimum Gasteiger partial charge on any atom is -0.351 e. The smallest absolute Gasteiger partial charge is 0.225 e. The summed E-state index contributed by atoms with van der Waals surface area (Å²) < 4.78 is 3.57. The van der Waals surface area contributed by atoms with E-state index in [1.807, 2.05) is 35.5 Å². The SMILES string of the molecule is C=Cn1cc(-c2cc3c(N4CCN(c5ncc(CC)cn5)CC4)ncnn3c2)cn1. The van der Waals surface area contributed by atoms with Crippen LogP contribution in [0.1, 0.15) is 12.5 Å². The van der Waals surface area contributed by atoms with Crippen molar-refractivity contribution < 1.29 is 0 Å². The zero-order valence-electron chi connectivity index (χ0n) is 16.9. The molecule has 5 heterocycles. The van der Waals surface area contributed by atoms with Crippen molar-refractivity contribution in [3.63, 3.8) is 0 Å². The standard InChI is InChI=1S/C21H23N9/c1-3-16-10-22-21(23-11-16)28-7-5-27(6-8-28)20-19-9-17(14-30(19)26-15-24-20)18-12-25-29(4-2)13-18/h4,9-15H,2-3,5-8H2,1H3. The highest BCUT2D eigenvalue weighted by Crippen LogP contribution is 2.27. The topological polar surface area (TPSA) is 80.3 Å². The minimum absolute atomic E-state index is 0.795. The summed E-state index contributed by atoms with van der Waals surface area (Å²) in [4.78, 5) is 18.1. The molecular weight excluding hydrogens is 378 g/mol. The zero-order chi connectivity index (χ0) is 20.5. The molecule has 1 fully saturated rings. The fraction of sp³-hybridized carbons (Fsp3) is 0.286. The number of rotatable bonds is 5. The van der Waals surface area contributed by atoms with Crippen molar-refractivity contribution in [2.75, 3.05) is 36.0 Å². The van der Waals surface area contributed by atoms with E-state index < -0.39 is 0 Å². The van der Waals surface area contributed by atoms with Gasteiger partial charge in [0.25, 0.3) is 0 Å². The number of aryl methyl sites for hydroxylation is 1. The van der Waals surface area contributed by atoms with Gasteiger partial charge in [-0.15, -0.1) is 0 Å². The Morgan fingerprint density at radius 1 is 0.933 bits per heavy atom. The number of piperazine rings is 1. The molecule has 0 N–H and O–H groups in total. The van der Waals surface area contributed by atoms with E-state index in [-0.39, 0.29) is 0 Å². The Morgan fingerprint density at radius 3 is 2.40 bits per heavy atom. The van der Waals surface area contributed by atoms with E-state index in [1.54, 1.807) is 17.2 Å². The average Bonchev–Trinajstić information content (AvgIpc) is 3.46. The molecule has 4 aromatic rings. The third kappa shape index (κ3) is 3.28. The van der Waals surface area contributed by atoms with E-state index in [9.17, 15) is 0 Å². The molecular formula is C21H23N9. The van der Waals surface area contributed by atoms with Gasteiger partial charge in [0.15, 0.2) is 5.82 Å². The maximum atomic E-state index is 4.59. The Kier molecular flexibility index (Phi) is 4.62. The van der Waals surface area contributed by atoms with Crippen LogP contribution in [0.4, 0.5) is 11.8 Å². The largest absolute Gasteiger partial charge is 0.351 e. The van der Waals surface area contributed by atoms with Crippen molar-refractivity contribution in [2.24, 2.45) is 0 Å². The van der Waals surface area contributed by atoms with Gasteiger partial charge in [0, 0.05) is 68.3 Å². The molecule has 0 unspecified atom stereocenters. The quantitative estimate of drug-likeness (QED) is 0.508. The first-order chi connectivity index (χ1) is 14.7. The van der Waals surface area contributed by atoms with Crippen LogP contribution < -0.4 is 9.80 Å². The number of anilines is 2. The van der Waals surface area contributed by atoms with Gasteiger partial charge in [-0.05, 0) is 18.1 Å². The monoisotopic (exact) mass is 401 g/mol. The summed E-state index contributed by atoms with van der Waals surface area (Å²) in [6, 6.07) is 2.11. The summed E-state index contributed by atoms with van der Waals surface area (Å²) >= 11 is 0. The van der Waals surface area contributed by atoms with E-state index >= 15 is 0 Å². The van der Waals surface area contributed by atoms with Crippen LogP contribution in [0.5, 0.6) is 0 Å². The lowest BCUT2D eigenvalue weighted by molar-refractivity contribution is 0.633. The first-order valence-electron chi connectivity index (χ1n) is 10.1. The number of aromatic nitrogens is 7. The fourth-order valence-corrected chi connectivity index (χ4v) is 3.72. The highest BCUT2D eigenvalue weighted by molar-refractivity contribution is 5.77. The summed E-state index contributed by atoms with van der Waals surface area (Å²) in [5, 5.41) is 8.66. The molecule has 9 nitrogen and oxygen atoms in total. The highest BCUT2D eigenvalue weighted by Gasteiger charge is 2.22. The Bertz CT molecular complexity index is 1170. The molecule has 1 aliphatic rings. The molecule has 0 saturated carbocycles. The van der Waals surface area contributed by atoms with Gasteiger partial charge in [-0.1, -0.05) is 13.5 Å². The normalized spacial score (nSPS) is 14.4. The average molecular weight is 401 g/mol. The van der Waals surface area contributed by atoms with Gasteiger partial charge in [0.05, 0.1) is 6.20 Å². The summed E-state index contributed by atoms with van der Waals surface area (Å²) in [7, 11) is 0. The molecule has 9 heteroatoms. The maximum Gasteiger partial charge on any atom is 0.225 e. The molecule has 152 valence electrons. The van der Waals surface area contributed by atoms with Crippen LogP contribution in [0, 0.1) is 0 Å². The van der Waals surface area contributed by atoms with Gasteiger partial charge in [0.1, 0.15) is 11.8 Å². The Balaban J connectivity index is 1.36. The lowest BCUT2D eigenvalue weighted by atomic mass is 10.2. The molecule has 0 spiro atoms. The van der Waals surface area contributed by atoms with Crippen LogP contribution in [0.3, 0.4) is 0 Å². The van der Waals surface area contributed by atoms with Crippen LogP contribution >= 0.6 is 0 Å². The van der Waals surface area contributed by atoms with E-state index in [2.05, 4.69) is 54.5 Å². The zero-order valence-corrected chi connectivity index (χ0v) is 16.9. The summed E-state index contributed by atoms with van der Waals surface area (Å²) in [5.41, 5.74) is 4.20. The van der Waals surface area contributed by atoms with Gasteiger partial charge >= 0.3 is 0 Å². The molecule has 1 aliphatic heterocycles. The van der Waals surface area contributed by atoms with Gasteiger partial charge in [0.2, 0.25) is 5.95 Å². The predicted octanol–water partition coefficient (Wildman–Crippen LogP) is 2.37. The lowest BCUT2D eigenvalue weighted by Gasteiger charge is -2.35. The molecule has 0 atom stereocenters. The summed E-state index contributed by atoms with van der Waals surface area (Å²) in [5.74, 6) is 1.73. The minimum atomic E-state index is 0.795. The number of hydrogen-bond acceptors (Lipinski definition) is 7. The molecule has 0 aliphatic carbocycles. The van der Waals surface area contributed by atoms with Crippen LogP contribution in [-0.4, -0.2) is 60.5 Å². The van der Waals surface area contributed by atoms with Crippen LogP contribution in [0.15, 0.2) is 50.0 Å². The fourth-order valence-electron chi connectivity index (χ4n) is 3.72. The second-order valence-electron chi connectivity index (χ2n) is 7.25. The molecule has 0 bridgehead atoms. The maximum absolute atomic E-state index is 4.59. The van der Waals surface area contributed by atoms with E-state index in [0.717, 1.165) is 66.6 Å². The Hall–Kier alpha value is -3.75. The lowest BCUT2D eigenvalue weighted by Crippen LogP contribution is -2.47. The Morgan fingerprint density at radius 2 is 1.70 bits per heavy atom. The molecule has 0 radical (unpaired) electrons. The van der Waals surface area contributed by atoms with Crippen molar-refractivity contribution in [1.29, 1.82) is 0 Å². The van der Waals surface area contributed by atoms with Gasteiger partial charge in [-0.2, -0.15) is 10.2 Å². The molecule has 5 rings (SSSR count). The number of hydrogen-bond donors (Lipinski definition) is 0. The second-order valence-corrected chi connectivity index (χ2v) is 7.25. The first-order valence-corrected chi connectivity index (χ1v) is 10.1. The second kappa shape index (κ2) is 7.58. The van der Waals surface area contributed by atoms with Crippen molar-refractivity contribution in [1.82, 2.24) is 34.3 Å². The van der Waals surface area contributed by atoms with Gasteiger partial charge in [-0.25, -0.2) is 24.1 Å². The third-order valence-electron chi connectivity index (χ3n) is 5.47. The van der Waals surface area contributed by atoms with E-state index in [4.69, 9.17) is 0 Å². The number of nitrogens with zero attached hydrogens (tertiary/aromatic N) is 9. The number of fused-ring (bicyclic) bond motifs is 1. The van der Waals surface area contributed by atoms with Gasteiger partial charge < -0.3 is 9.80 Å².